The molecule has 0 aliphatic carbocycles. The molecule has 0 spiro atoms. The topological polar surface area (TPSA) is 61.4 Å². The van der Waals surface area contributed by atoms with Crippen LogP contribution in [0.5, 0.6) is 0 Å². The zero-order valence-corrected chi connectivity index (χ0v) is 11.0. The predicted molar refractivity (Wildman–Crippen MR) is 64.1 cm³/mol. The van der Waals surface area contributed by atoms with E-state index >= 15 is 0 Å². The van der Waals surface area contributed by atoms with Crippen molar-refractivity contribution in [1.82, 2.24) is 15.5 Å². The highest BCUT2D eigenvalue weighted by Gasteiger charge is 2.28. The molecule has 5 nitrogen and oxygen atoms in total. The largest absolute Gasteiger partial charge is 0.344 e. The summed E-state index contributed by atoms with van der Waals surface area (Å²) in [5.74, 6) is -0.261. The Morgan fingerprint density at radius 1 is 1.38 bits per heavy atom. The second kappa shape index (κ2) is 5.84. The van der Waals surface area contributed by atoms with E-state index in [2.05, 4.69) is 10.6 Å². The predicted octanol–water partition coefficient (Wildman–Crippen LogP) is -0.0326. The Morgan fingerprint density at radius 3 is 2.25 bits per heavy atom. The van der Waals surface area contributed by atoms with Gasteiger partial charge in [-0.3, -0.25) is 9.59 Å². The average Bonchev–Trinajstić information content (AvgIpc) is 2.26. The smallest absolute Gasteiger partial charge is 0.244 e. The summed E-state index contributed by atoms with van der Waals surface area (Å²) in [4.78, 5) is 25.1. The van der Waals surface area contributed by atoms with Crippen molar-refractivity contribution in [3.05, 3.63) is 0 Å². The van der Waals surface area contributed by atoms with Gasteiger partial charge in [0.05, 0.1) is 5.54 Å². The average molecular weight is 229 g/mol. The number of nitrogens with zero attached hydrogens (tertiary/aromatic N) is 1. The Kier molecular flexibility index (Phi) is 5.44. The van der Waals surface area contributed by atoms with Gasteiger partial charge in [0.2, 0.25) is 11.8 Å². The zero-order chi connectivity index (χ0) is 12.9. The van der Waals surface area contributed by atoms with E-state index in [-0.39, 0.29) is 11.8 Å². The molecule has 0 saturated heterocycles. The van der Waals surface area contributed by atoms with Crippen LogP contribution in [0.3, 0.4) is 0 Å². The highest BCUT2D eigenvalue weighted by Crippen LogP contribution is 2.02. The van der Waals surface area contributed by atoms with Gasteiger partial charge in [-0.05, 0) is 34.7 Å². The Hall–Kier alpha value is -1.10. The number of carbonyl (C=O) groups is 2. The van der Waals surface area contributed by atoms with Crippen LogP contribution >= 0.6 is 0 Å². The molecule has 0 radical (unpaired) electrons. The number of likely N-dealkylation sites (N-methyl/N-ethyl adjacent to an activating group) is 2. The van der Waals surface area contributed by atoms with Gasteiger partial charge in [0.15, 0.2) is 0 Å². The van der Waals surface area contributed by atoms with Gasteiger partial charge in [0.1, 0.15) is 6.04 Å². The summed E-state index contributed by atoms with van der Waals surface area (Å²) in [6, 6.07) is -0.495. The molecule has 16 heavy (non-hydrogen) atoms. The van der Waals surface area contributed by atoms with Gasteiger partial charge in [-0.15, -0.1) is 0 Å². The van der Waals surface area contributed by atoms with Gasteiger partial charge < -0.3 is 15.5 Å². The van der Waals surface area contributed by atoms with Gasteiger partial charge >= 0.3 is 0 Å². The van der Waals surface area contributed by atoms with Crippen molar-refractivity contribution in [3.8, 4) is 0 Å². The number of hydrogen-bond acceptors (Lipinski definition) is 3. The maximum atomic E-state index is 11.8. The van der Waals surface area contributed by atoms with Crippen molar-refractivity contribution >= 4 is 11.8 Å². The SMILES string of the molecule is CCN(C)C(=O)C(C)NC(=O)C(C)(C)NC. The van der Waals surface area contributed by atoms with Crippen LogP contribution in [-0.2, 0) is 9.59 Å². The van der Waals surface area contributed by atoms with Gasteiger partial charge in [0.25, 0.3) is 0 Å². The number of hydrogen-bond donors (Lipinski definition) is 2. The maximum absolute atomic E-state index is 11.8. The van der Waals surface area contributed by atoms with Crippen LogP contribution in [-0.4, -0.2) is 48.9 Å². The molecule has 0 fully saturated rings. The van der Waals surface area contributed by atoms with E-state index in [0.29, 0.717) is 6.54 Å². The normalized spacial score (nSPS) is 13.1. The fraction of sp³-hybridized carbons (Fsp3) is 0.818. The molecule has 2 N–H and O–H groups in total. The maximum Gasteiger partial charge on any atom is 0.244 e. The molecule has 0 saturated carbocycles. The van der Waals surface area contributed by atoms with Gasteiger partial charge in [-0.1, -0.05) is 0 Å². The molecule has 1 atom stereocenters. The summed E-state index contributed by atoms with van der Waals surface area (Å²) in [7, 11) is 3.43. The first kappa shape index (κ1) is 14.9. The van der Waals surface area contributed by atoms with Crippen molar-refractivity contribution in [3.63, 3.8) is 0 Å². The lowest BCUT2D eigenvalue weighted by Crippen LogP contribution is -2.56. The number of rotatable bonds is 5. The van der Waals surface area contributed by atoms with E-state index in [4.69, 9.17) is 0 Å². The molecule has 1 unspecified atom stereocenters. The third-order valence-electron chi connectivity index (χ3n) is 2.76. The van der Waals surface area contributed by atoms with Crippen molar-refractivity contribution in [2.75, 3.05) is 20.6 Å². The van der Waals surface area contributed by atoms with Crippen LogP contribution < -0.4 is 10.6 Å². The summed E-state index contributed by atoms with van der Waals surface area (Å²) in [6.07, 6.45) is 0. The van der Waals surface area contributed by atoms with Gasteiger partial charge in [-0.25, -0.2) is 0 Å². The van der Waals surface area contributed by atoms with Crippen molar-refractivity contribution in [1.29, 1.82) is 0 Å². The Labute approximate surface area is 97.6 Å². The lowest BCUT2D eigenvalue weighted by Gasteiger charge is -2.26. The molecule has 0 aliphatic heterocycles. The zero-order valence-electron chi connectivity index (χ0n) is 11.0. The first-order chi connectivity index (χ1) is 7.26. The first-order valence-electron chi connectivity index (χ1n) is 5.51. The minimum atomic E-state index is -0.667. The van der Waals surface area contributed by atoms with Crippen LogP contribution in [0.15, 0.2) is 0 Å². The molecule has 0 rings (SSSR count). The lowest BCUT2D eigenvalue weighted by molar-refractivity contribution is -0.136. The summed E-state index contributed by atoms with van der Waals surface area (Å²) in [5, 5.41) is 5.59. The number of nitrogens with one attached hydrogen (secondary N) is 2. The van der Waals surface area contributed by atoms with Crippen LogP contribution in [0, 0.1) is 0 Å². The first-order valence-corrected chi connectivity index (χ1v) is 5.51. The number of carbonyl (C=O) groups excluding carboxylic acids is 2. The fourth-order valence-corrected chi connectivity index (χ4v) is 1.04. The van der Waals surface area contributed by atoms with E-state index in [1.54, 1.807) is 39.8 Å². The molecule has 0 bridgehead atoms. The fourth-order valence-electron chi connectivity index (χ4n) is 1.04. The lowest BCUT2D eigenvalue weighted by atomic mass is 10.0. The molecular weight excluding hydrogens is 206 g/mol. The molecule has 5 heteroatoms. The second-order valence-corrected chi connectivity index (χ2v) is 4.42. The van der Waals surface area contributed by atoms with Crippen LogP contribution in [0.25, 0.3) is 0 Å². The van der Waals surface area contributed by atoms with E-state index in [9.17, 15) is 9.59 Å². The van der Waals surface area contributed by atoms with Crippen molar-refractivity contribution in [2.45, 2.75) is 39.3 Å². The quantitative estimate of drug-likeness (QED) is 0.696. The summed E-state index contributed by atoms with van der Waals surface area (Å²) < 4.78 is 0. The van der Waals surface area contributed by atoms with Crippen LogP contribution in [0.1, 0.15) is 27.7 Å². The van der Waals surface area contributed by atoms with E-state index in [0.717, 1.165) is 0 Å². The molecule has 0 heterocycles. The van der Waals surface area contributed by atoms with Crippen LogP contribution in [0.4, 0.5) is 0 Å². The molecule has 0 aromatic heterocycles. The minimum Gasteiger partial charge on any atom is -0.344 e. The minimum absolute atomic E-state index is 0.0808. The standard InChI is InChI=1S/C11H23N3O2/c1-7-14(6)9(15)8(2)13-10(16)11(3,4)12-5/h8,12H,7H2,1-6H3,(H,13,16). The molecular formula is C11H23N3O2. The highest BCUT2D eigenvalue weighted by molar-refractivity contribution is 5.91. The summed E-state index contributed by atoms with van der Waals surface area (Å²) >= 11 is 0. The van der Waals surface area contributed by atoms with E-state index < -0.39 is 11.6 Å². The second-order valence-electron chi connectivity index (χ2n) is 4.42. The molecule has 0 aromatic rings. The molecule has 94 valence electrons. The van der Waals surface area contributed by atoms with Gasteiger partial charge in [0, 0.05) is 13.6 Å². The third kappa shape index (κ3) is 3.81. The summed E-state index contributed by atoms with van der Waals surface area (Å²) in [6.45, 7) is 7.75. The Morgan fingerprint density at radius 2 is 1.88 bits per heavy atom. The van der Waals surface area contributed by atoms with Crippen molar-refractivity contribution in [2.24, 2.45) is 0 Å². The van der Waals surface area contributed by atoms with E-state index in [1.807, 2.05) is 6.92 Å². The monoisotopic (exact) mass is 229 g/mol. The molecule has 0 aromatic carbocycles. The number of amides is 2. The summed E-state index contributed by atoms with van der Waals surface area (Å²) in [5.41, 5.74) is -0.667. The van der Waals surface area contributed by atoms with Crippen molar-refractivity contribution < 1.29 is 9.59 Å². The van der Waals surface area contributed by atoms with E-state index in [1.165, 1.54) is 0 Å². The highest BCUT2D eigenvalue weighted by atomic mass is 16.2. The Balaban J connectivity index is 4.41. The Bertz CT molecular complexity index is 264. The third-order valence-corrected chi connectivity index (χ3v) is 2.76. The molecule has 2 amide bonds. The van der Waals surface area contributed by atoms with Gasteiger partial charge in [-0.2, -0.15) is 0 Å². The molecule has 0 aliphatic rings. The van der Waals surface area contributed by atoms with Crippen LogP contribution in [0.2, 0.25) is 0 Å².